The van der Waals surface area contributed by atoms with Gasteiger partial charge in [0.05, 0.1) is 12.2 Å². The van der Waals surface area contributed by atoms with Gasteiger partial charge in [-0.15, -0.1) is 0 Å². The van der Waals surface area contributed by atoms with E-state index in [2.05, 4.69) is 36.7 Å². The lowest BCUT2D eigenvalue weighted by Crippen LogP contribution is -2.43. The minimum absolute atomic E-state index is 0.263. The predicted molar refractivity (Wildman–Crippen MR) is 103 cm³/mol. The molecule has 1 unspecified atom stereocenters. The number of piperidine rings is 1. The molecule has 4 rings (SSSR count). The zero-order valence-corrected chi connectivity index (χ0v) is 15.7. The summed E-state index contributed by atoms with van der Waals surface area (Å²) in [5.41, 5.74) is 5.58. The van der Waals surface area contributed by atoms with Gasteiger partial charge in [0.25, 0.3) is 6.01 Å². The molecule has 1 aliphatic rings. The molecule has 0 radical (unpaired) electrons. The molecule has 5 heteroatoms. The zero-order valence-electron chi connectivity index (χ0n) is 15.7. The van der Waals surface area contributed by atoms with E-state index in [0.717, 1.165) is 36.2 Å². The molecule has 26 heavy (non-hydrogen) atoms. The Morgan fingerprint density at radius 3 is 2.92 bits per heavy atom. The smallest absolute Gasteiger partial charge is 0.298 e. The number of anilines is 1. The molecule has 0 aliphatic carbocycles. The molecule has 0 amide bonds. The van der Waals surface area contributed by atoms with Crippen LogP contribution in [0.25, 0.3) is 11.1 Å². The van der Waals surface area contributed by atoms with Crippen LogP contribution in [-0.2, 0) is 0 Å². The highest BCUT2D eigenvalue weighted by Crippen LogP contribution is 2.31. The topological polar surface area (TPSA) is 51.4 Å². The van der Waals surface area contributed by atoms with Gasteiger partial charge < -0.3 is 14.1 Å². The maximum absolute atomic E-state index is 6.15. The Morgan fingerprint density at radius 2 is 2.12 bits per heavy atom. The molecule has 1 atom stereocenters. The van der Waals surface area contributed by atoms with Crippen LogP contribution in [0, 0.1) is 20.8 Å². The number of fused-ring (bicyclic) bond motifs is 1. The van der Waals surface area contributed by atoms with Gasteiger partial charge in [-0.25, -0.2) is 0 Å². The van der Waals surface area contributed by atoms with Crippen LogP contribution < -0.4 is 9.64 Å². The molecule has 5 nitrogen and oxygen atoms in total. The molecule has 0 saturated carbocycles. The Labute approximate surface area is 154 Å². The summed E-state index contributed by atoms with van der Waals surface area (Å²) in [5, 5.41) is 0. The monoisotopic (exact) mass is 351 g/mol. The lowest BCUT2D eigenvalue weighted by Gasteiger charge is -2.34. The van der Waals surface area contributed by atoms with E-state index in [-0.39, 0.29) is 6.04 Å². The van der Waals surface area contributed by atoms with Crippen molar-refractivity contribution in [3.05, 3.63) is 47.3 Å². The van der Waals surface area contributed by atoms with E-state index < -0.39 is 0 Å². The highest BCUT2D eigenvalue weighted by atomic mass is 16.5. The van der Waals surface area contributed by atoms with Crippen molar-refractivity contribution < 1.29 is 9.15 Å². The van der Waals surface area contributed by atoms with E-state index in [9.17, 15) is 0 Å². The largest absolute Gasteiger partial charge is 0.490 e. The van der Waals surface area contributed by atoms with E-state index in [1.54, 1.807) is 12.4 Å². The van der Waals surface area contributed by atoms with Crippen LogP contribution in [0.4, 0.5) is 6.01 Å². The number of hydrogen-bond donors (Lipinski definition) is 0. The first-order valence-electron chi connectivity index (χ1n) is 9.30. The SMILES string of the molecule is Cc1cc2oc(N3CCCCC3COc3cccnc3)nc2c(C)c1C. The molecule has 1 aliphatic heterocycles. The van der Waals surface area contributed by atoms with Crippen molar-refractivity contribution in [2.75, 3.05) is 18.1 Å². The van der Waals surface area contributed by atoms with Crippen molar-refractivity contribution in [1.82, 2.24) is 9.97 Å². The first-order valence-corrected chi connectivity index (χ1v) is 9.30. The summed E-state index contributed by atoms with van der Waals surface area (Å²) in [6, 6.07) is 6.91. The number of nitrogens with zero attached hydrogens (tertiary/aromatic N) is 3. The third kappa shape index (κ3) is 3.14. The minimum Gasteiger partial charge on any atom is -0.490 e. The fourth-order valence-electron chi connectivity index (χ4n) is 3.64. The van der Waals surface area contributed by atoms with E-state index in [4.69, 9.17) is 14.1 Å². The fourth-order valence-corrected chi connectivity index (χ4v) is 3.64. The van der Waals surface area contributed by atoms with Gasteiger partial charge >= 0.3 is 0 Å². The summed E-state index contributed by atoms with van der Waals surface area (Å²) in [7, 11) is 0. The highest BCUT2D eigenvalue weighted by Gasteiger charge is 2.27. The second-order valence-corrected chi connectivity index (χ2v) is 7.13. The molecule has 0 N–H and O–H groups in total. The van der Waals surface area contributed by atoms with Crippen molar-refractivity contribution in [2.24, 2.45) is 0 Å². The Kier molecular flexibility index (Phi) is 4.53. The number of benzene rings is 1. The predicted octanol–water partition coefficient (Wildman–Crippen LogP) is 4.59. The Hall–Kier alpha value is -2.56. The van der Waals surface area contributed by atoms with Crippen molar-refractivity contribution in [2.45, 2.75) is 46.1 Å². The summed E-state index contributed by atoms with van der Waals surface area (Å²) in [4.78, 5) is 11.2. The van der Waals surface area contributed by atoms with Crippen LogP contribution in [0.1, 0.15) is 36.0 Å². The summed E-state index contributed by atoms with van der Waals surface area (Å²) >= 11 is 0. The molecular formula is C21H25N3O2. The number of aromatic nitrogens is 2. The van der Waals surface area contributed by atoms with Crippen LogP contribution in [-0.4, -0.2) is 29.2 Å². The number of aryl methyl sites for hydroxylation is 2. The number of hydrogen-bond acceptors (Lipinski definition) is 5. The maximum Gasteiger partial charge on any atom is 0.298 e. The van der Waals surface area contributed by atoms with E-state index in [1.807, 2.05) is 12.1 Å². The Morgan fingerprint density at radius 1 is 1.23 bits per heavy atom. The van der Waals surface area contributed by atoms with Crippen LogP contribution in [0.5, 0.6) is 5.75 Å². The number of ether oxygens (including phenoxy) is 1. The lowest BCUT2D eigenvalue weighted by molar-refractivity contribution is 0.254. The number of oxazole rings is 1. The molecule has 1 aromatic carbocycles. The third-order valence-electron chi connectivity index (χ3n) is 5.45. The van der Waals surface area contributed by atoms with Crippen molar-refractivity contribution >= 4 is 17.1 Å². The van der Waals surface area contributed by atoms with Crippen LogP contribution in [0.2, 0.25) is 0 Å². The summed E-state index contributed by atoms with van der Waals surface area (Å²) in [6.45, 7) is 7.95. The molecular weight excluding hydrogens is 326 g/mol. The van der Waals surface area contributed by atoms with Gasteiger partial charge in [-0.2, -0.15) is 4.98 Å². The fraction of sp³-hybridized carbons (Fsp3) is 0.429. The lowest BCUT2D eigenvalue weighted by atomic mass is 10.0. The molecule has 1 fully saturated rings. The average molecular weight is 351 g/mol. The minimum atomic E-state index is 0.263. The molecule has 136 valence electrons. The first kappa shape index (κ1) is 16.9. The Bertz CT molecular complexity index is 905. The molecule has 3 heterocycles. The normalized spacial score (nSPS) is 17.7. The van der Waals surface area contributed by atoms with Gasteiger partial charge in [0.2, 0.25) is 0 Å². The standard InChI is InChI=1S/C21H25N3O2/c1-14-11-19-20(16(3)15(14)2)23-21(26-19)24-10-5-4-7-17(24)13-25-18-8-6-9-22-12-18/h6,8-9,11-12,17H,4-5,7,10,13H2,1-3H3. The van der Waals surface area contributed by atoms with Gasteiger partial charge in [0.1, 0.15) is 17.9 Å². The van der Waals surface area contributed by atoms with Gasteiger partial charge in [-0.1, -0.05) is 0 Å². The van der Waals surface area contributed by atoms with Crippen LogP contribution in [0.15, 0.2) is 35.0 Å². The summed E-state index contributed by atoms with van der Waals surface area (Å²) in [6.07, 6.45) is 6.94. The number of pyridine rings is 1. The van der Waals surface area contributed by atoms with Gasteiger partial charge in [-0.05, 0) is 74.9 Å². The van der Waals surface area contributed by atoms with Crippen LogP contribution in [0.3, 0.4) is 0 Å². The molecule has 2 aromatic heterocycles. The molecule has 1 saturated heterocycles. The number of rotatable bonds is 4. The molecule has 0 spiro atoms. The Balaban J connectivity index is 1.60. The first-order chi connectivity index (χ1) is 12.6. The van der Waals surface area contributed by atoms with Gasteiger partial charge in [-0.3, -0.25) is 4.98 Å². The second-order valence-electron chi connectivity index (χ2n) is 7.13. The quantitative estimate of drug-likeness (QED) is 0.688. The maximum atomic E-state index is 6.15. The molecule has 0 bridgehead atoms. The summed E-state index contributed by atoms with van der Waals surface area (Å²) in [5.74, 6) is 0.803. The van der Waals surface area contributed by atoms with E-state index in [0.29, 0.717) is 12.6 Å². The average Bonchev–Trinajstić information content (AvgIpc) is 3.09. The van der Waals surface area contributed by atoms with Crippen LogP contribution >= 0.6 is 0 Å². The van der Waals surface area contributed by atoms with Gasteiger partial charge in [0, 0.05) is 12.7 Å². The van der Waals surface area contributed by atoms with E-state index in [1.165, 1.54) is 23.1 Å². The van der Waals surface area contributed by atoms with Crippen molar-refractivity contribution in [3.63, 3.8) is 0 Å². The summed E-state index contributed by atoms with van der Waals surface area (Å²) < 4.78 is 12.1. The zero-order chi connectivity index (χ0) is 18.1. The van der Waals surface area contributed by atoms with Crippen molar-refractivity contribution in [3.8, 4) is 5.75 Å². The van der Waals surface area contributed by atoms with E-state index >= 15 is 0 Å². The second kappa shape index (κ2) is 6.98. The molecule has 3 aromatic rings. The van der Waals surface area contributed by atoms with Gasteiger partial charge in [0.15, 0.2) is 5.58 Å². The highest BCUT2D eigenvalue weighted by molar-refractivity contribution is 5.80. The van der Waals surface area contributed by atoms with Crippen molar-refractivity contribution in [1.29, 1.82) is 0 Å². The third-order valence-corrected chi connectivity index (χ3v) is 5.45.